The SMILES string of the molecule is Cc1nc(C(C)N=C=O)cs1. The Hall–Kier alpha value is -0.990. The van der Waals surface area contributed by atoms with Gasteiger partial charge in [-0.25, -0.2) is 9.78 Å². The number of aliphatic imine (C=N–C) groups is 1. The highest BCUT2D eigenvalue weighted by Gasteiger charge is 2.05. The summed E-state index contributed by atoms with van der Waals surface area (Å²) in [5, 5.41) is 2.90. The third kappa shape index (κ3) is 1.97. The van der Waals surface area contributed by atoms with Gasteiger partial charge in [-0.2, -0.15) is 4.99 Å². The van der Waals surface area contributed by atoms with Crippen LogP contribution in [-0.2, 0) is 4.79 Å². The summed E-state index contributed by atoms with van der Waals surface area (Å²) in [4.78, 5) is 17.6. The van der Waals surface area contributed by atoms with Gasteiger partial charge in [0.25, 0.3) is 0 Å². The van der Waals surface area contributed by atoms with Gasteiger partial charge >= 0.3 is 0 Å². The molecule has 0 aliphatic carbocycles. The highest BCUT2D eigenvalue weighted by molar-refractivity contribution is 7.09. The number of nitrogens with zero attached hydrogens (tertiary/aromatic N) is 2. The molecule has 1 unspecified atom stereocenters. The van der Waals surface area contributed by atoms with Crippen LogP contribution >= 0.6 is 11.3 Å². The average molecular weight is 168 g/mol. The molecule has 1 atom stereocenters. The van der Waals surface area contributed by atoms with Crippen molar-refractivity contribution in [1.82, 2.24) is 4.98 Å². The third-order valence-electron chi connectivity index (χ3n) is 1.31. The molecule has 0 saturated carbocycles. The zero-order chi connectivity index (χ0) is 8.27. The Kier molecular flexibility index (Phi) is 2.52. The minimum atomic E-state index is -0.155. The lowest BCUT2D eigenvalue weighted by Crippen LogP contribution is -1.88. The summed E-state index contributed by atoms with van der Waals surface area (Å²) in [6.45, 7) is 3.74. The molecular formula is C7H8N2OS. The first kappa shape index (κ1) is 8.11. The molecule has 0 spiro atoms. The van der Waals surface area contributed by atoms with Crippen LogP contribution in [0.25, 0.3) is 0 Å². The fourth-order valence-electron chi connectivity index (χ4n) is 0.717. The quantitative estimate of drug-likeness (QED) is 0.499. The molecule has 1 heterocycles. The molecule has 11 heavy (non-hydrogen) atoms. The number of rotatable bonds is 2. The lowest BCUT2D eigenvalue weighted by molar-refractivity contribution is 0.559. The van der Waals surface area contributed by atoms with Crippen LogP contribution in [0.3, 0.4) is 0 Å². The summed E-state index contributed by atoms with van der Waals surface area (Å²) in [6.07, 6.45) is 1.51. The molecule has 0 saturated heterocycles. The van der Waals surface area contributed by atoms with Crippen molar-refractivity contribution in [2.45, 2.75) is 19.9 Å². The van der Waals surface area contributed by atoms with Crippen LogP contribution in [0.15, 0.2) is 10.4 Å². The number of hydrogen-bond acceptors (Lipinski definition) is 4. The molecule has 1 rings (SSSR count). The van der Waals surface area contributed by atoms with E-state index >= 15 is 0 Å². The fraction of sp³-hybridized carbons (Fsp3) is 0.429. The molecule has 3 nitrogen and oxygen atoms in total. The van der Waals surface area contributed by atoms with Gasteiger partial charge in [-0.05, 0) is 13.8 Å². The summed E-state index contributed by atoms with van der Waals surface area (Å²) in [5.74, 6) is 0. The van der Waals surface area contributed by atoms with Crippen molar-refractivity contribution in [2.24, 2.45) is 4.99 Å². The number of thiazole rings is 1. The molecule has 0 bridgehead atoms. The summed E-state index contributed by atoms with van der Waals surface area (Å²) >= 11 is 1.56. The van der Waals surface area contributed by atoms with E-state index in [1.807, 2.05) is 19.2 Å². The van der Waals surface area contributed by atoms with Crippen molar-refractivity contribution in [2.75, 3.05) is 0 Å². The maximum Gasteiger partial charge on any atom is 0.235 e. The van der Waals surface area contributed by atoms with E-state index in [0.29, 0.717) is 0 Å². The van der Waals surface area contributed by atoms with Gasteiger partial charge < -0.3 is 0 Å². The van der Waals surface area contributed by atoms with E-state index in [-0.39, 0.29) is 6.04 Å². The van der Waals surface area contributed by atoms with Gasteiger partial charge in [0.2, 0.25) is 6.08 Å². The van der Waals surface area contributed by atoms with Gasteiger partial charge in [-0.3, -0.25) is 0 Å². The maximum atomic E-state index is 9.88. The normalized spacial score (nSPS) is 12.2. The molecule has 0 N–H and O–H groups in total. The van der Waals surface area contributed by atoms with Crippen LogP contribution in [0.2, 0.25) is 0 Å². The van der Waals surface area contributed by atoms with Crippen molar-refractivity contribution in [3.05, 3.63) is 16.1 Å². The van der Waals surface area contributed by atoms with E-state index in [9.17, 15) is 4.79 Å². The second-order valence-corrected chi connectivity index (χ2v) is 3.25. The molecule has 0 radical (unpaired) electrons. The Morgan fingerprint density at radius 2 is 2.55 bits per heavy atom. The minimum Gasteiger partial charge on any atom is -0.244 e. The lowest BCUT2D eigenvalue weighted by atomic mass is 10.3. The van der Waals surface area contributed by atoms with Crippen LogP contribution in [0, 0.1) is 6.92 Å². The summed E-state index contributed by atoms with van der Waals surface area (Å²) in [7, 11) is 0. The lowest BCUT2D eigenvalue weighted by Gasteiger charge is -1.95. The molecule has 1 aromatic rings. The predicted molar refractivity (Wildman–Crippen MR) is 43.4 cm³/mol. The van der Waals surface area contributed by atoms with Crippen LogP contribution in [0.5, 0.6) is 0 Å². The van der Waals surface area contributed by atoms with E-state index in [0.717, 1.165) is 10.7 Å². The standard InChI is InChI=1S/C7H8N2OS/c1-5(8-4-10)7-3-11-6(2)9-7/h3,5H,1-2H3. The molecule has 1 aromatic heterocycles. The summed E-state index contributed by atoms with van der Waals surface area (Å²) in [6, 6.07) is -0.155. The number of hydrogen-bond donors (Lipinski definition) is 0. The Bertz CT molecular complexity index is 288. The predicted octanol–water partition coefficient (Wildman–Crippen LogP) is 1.85. The van der Waals surface area contributed by atoms with Gasteiger partial charge in [0.1, 0.15) is 6.04 Å². The van der Waals surface area contributed by atoms with E-state index in [2.05, 4.69) is 9.98 Å². The van der Waals surface area contributed by atoms with Gasteiger partial charge in [0.05, 0.1) is 10.7 Å². The van der Waals surface area contributed by atoms with E-state index in [4.69, 9.17) is 0 Å². The Balaban J connectivity index is 2.84. The number of aromatic nitrogens is 1. The van der Waals surface area contributed by atoms with Crippen LogP contribution < -0.4 is 0 Å². The van der Waals surface area contributed by atoms with E-state index in [1.54, 1.807) is 11.3 Å². The summed E-state index contributed by atoms with van der Waals surface area (Å²) < 4.78 is 0. The summed E-state index contributed by atoms with van der Waals surface area (Å²) in [5.41, 5.74) is 0.843. The first-order valence-corrected chi connectivity index (χ1v) is 4.11. The Morgan fingerprint density at radius 1 is 1.82 bits per heavy atom. The average Bonchev–Trinajstić information content (AvgIpc) is 2.36. The van der Waals surface area contributed by atoms with Crippen molar-refractivity contribution >= 4 is 17.4 Å². The fourth-order valence-corrected chi connectivity index (χ4v) is 1.42. The van der Waals surface area contributed by atoms with Crippen LogP contribution in [0.4, 0.5) is 0 Å². The minimum absolute atomic E-state index is 0.155. The van der Waals surface area contributed by atoms with Crippen LogP contribution in [0.1, 0.15) is 23.7 Å². The molecule has 0 aliphatic heterocycles. The number of isocyanates is 1. The molecular weight excluding hydrogens is 160 g/mol. The molecule has 0 fully saturated rings. The van der Waals surface area contributed by atoms with E-state index in [1.165, 1.54) is 6.08 Å². The molecule has 4 heteroatoms. The number of aryl methyl sites for hydroxylation is 1. The largest absolute Gasteiger partial charge is 0.244 e. The first-order chi connectivity index (χ1) is 5.24. The topological polar surface area (TPSA) is 42.3 Å². The van der Waals surface area contributed by atoms with Gasteiger partial charge in [-0.1, -0.05) is 0 Å². The Morgan fingerprint density at radius 3 is 3.00 bits per heavy atom. The zero-order valence-electron chi connectivity index (χ0n) is 6.37. The second kappa shape index (κ2) is 3.42. The molecule has 0 amide bonds. The van der Waals surface area contributed by atoms with Gasteiger partial charge in [-0.15, -0.1) is 11.3 Å². The van der Waals surface area contributed by atoms with Crippen molar-refractivity contribution in [1.29, 1.82) is 0 Å². The molecule has 0 aromatic carbocycles. The maximum absolute atomic E-state index is 9.88. The second-order valence-electron chi connectivity index (χ2n) is 2.19. The van der Waals surface area contributed by atoms with Crippen molar-refractivity contribution in [3.63, 3.8) is 0 Å². The monoisotopic (exact) mass is 168 g/mol. The van der Waals surface area contributed by atoms with Crippen molar-refractivity contribution < 1.29 is 4.79 Å². The highest BCUT2D eigenvalue weighted by Crippen LogP contribution is 2.17. The third-order valence-corrected chi connectivity index (χ3v) is 2.10. The molecule has 58 valence electrons. The Labute approximate surface area is 68.8 Å². The highest BCUT2D eigenvalue weighted by atomic mass is 32.1. The zero-order valence-corrected chi connectivity index (χ0v) is 7.18. The van der Waals surface area contributed by atoms with Gasteiger partial charge in [0, 0.05) is 5.38 Å². The first-order valence-electron chi connectivity index (χ1n) is 3.23. The molecule has 0 aliphatic rings. The smallest absolute Gasteiger partial charge is 0.235 e. The van der Waals surface area contributed by atoms with Gasteiger partial charge in [0.15, 0.2) is 0 Å². The van der Waals surface area contributed by atoms with E-state index < -0.39 is 0 Å². The number of carbonyl (C=O) groups excluding carboxylic acids is 1. The van der Waals surface area contributed by atoms with Crippen molar-refractivity contribution in [3.8, 4) is 0 Å². The van der Waals surface area contributed by atoms with Crippen LogP contribution in [-0.4, -0.2) is 11.1 Å².